The minimum absolute atomic E-state index is 0.154. The molecule has 1 aromatic rings. The SMILES string of the molecule is Nc1ccc(C(=O)[C@@]2(OC3(CO)O[C@H](CO)[C@@H](O)[C@@H]3O)O[C@H](CO)[C@@H](O)[C@H](O)[C@H]2O)cc1. The Bertz CT molecular complexity index is 806. The second-order valence-corrected chi connectivity index (χ2v) is 7.73. The van der Waals surface area contributed by atoms with Gasteiger partial charge < -0.3 is 60.8 Å². The Balaban J connectivity index is 2.12. The Morgan fingerprint density at radius 3 is 1.94 bits per heavy atom. The number of ether oxygens (including phenoxy) is 3. The summed E-state index contributed by atoms with van der Waals surface area (Å²) in [5.74, 6) is -6.67. The van der Waals surface area contributed by atoms with Crippen LogP contribution in [0.25, 0.3) is 0 Å². The highest BCUT2D eigenvalue weighted by Gasteiger charge is 2.66. The van der Waals surface area contributed by atoms with Crippen molar-refractivity contribution in [3.05, 3.63) is 29.8 Å². The van der Waals surface area contributed by atoms with E-state index in [1.54, 1.807) is 0 Å². The molecule has 0 aromatic heterocycles. The largest absolute Gasteiger partial charge is 0.399 e. The average Bonchev–Trinajstić information content (AvgIpc) is 3.04. The molecule has 2 fully saturated rings. The molecule has 1 unspecified atom stereocenters. The van der Waals surface area contributed by atoms with Crippen molar-refractivity contribution in [3.63, 3.8) is 0 Å². The van der Waals surface area contributed by atoms with Crippen molar-refractivity contribution in [1.29, 1.82) is 0 Å². The normalized spacial score (nSPS) is 42.2. The third kappa shape index (κ3) is 3.91. The fraction of sp³-hybridized carbons (Fsp3) is 0.632. The van der Waals surface area contributed by atoms with Gasteiger partial charge in [-0.05, 0) is 24.3 Å². The highest BCUT2D eigenvalue weighted by atomic mass is 16.8. The zero-order valence-corrected chi connectivity index (χ0v) is 16.8. The molecule has 0 saturated carbocycles. The second kappa shape index (κ2) is 9.24. The number of Topliss-reactive ketones (excluding diaryl/α,β-unsaturated/α-hetero) is 1. The van der Waals surface area contributed by atoms with E-state index in [1.165, 1.54) is 24.3 Å². The summed E-state index contributed by atoms with van der Waals surface area (Å²) in [4.78, 5) is 13.5. The Morgan fingerprint density at radius 2 is 1.44 bits per heavy atom. The van der Waals surface area contributed by atoms with Crippen LogP contribution in [-0.4, -0.2) is 121 Å². The molecule has 9 atom stereocenters. The molecule has 13 nitrogen and oxygen atoms in total. The standard InChI is InChI=1S/C19H27NO12/c20-9-3-1-8(2-4-9)15(27)19(17(29)14(26)12(24)10(5-21)31-19)32-18(7-23)16(28)13(25)11(6-22)30-18/h1-4,10-14,16-17,21-26,28-29H,5-7,20H2/t10-,11-,12-,13-,14+,16+,17-,18?,19+/m1/s1. The van der Waals surface area contributed by atoms with Gasteiger partial charge in [-0.25, -0.2) is 0 Å². The third-order valence-corrected chi connectivity index (χ3v) is 5.67. The number of hydrogen-bond donors (Lipinski definition) is 9. The summed E-state index contributed by atoms with van der Waals surface area (Å²) < 4.78 is 16.3. The van der Waals surface area contributed by atoms with E-state index in [1.807, 2.05) is 0 Å². The zero-order chi connectivity index (χ0) is 23.8. The van der Waals surface area contributed by atoms with Gasteiger partial charge in [0, 0.05) is 11.3 Å². The van der Waals surface area contributed by atoms with Crippen molar-refractivity contribution in [2.24, 2.45) is 0 Å². The maximum absolute atomic E-state index is 13.5. The summed E-state index contributed by atoms with van der Waals surface area (Å²) in [6.07, 6.45) is -13.1. The van der Waals surface area contributed by atoms with Crippen molar-refractivity contribution >= 4 is 11.5 Å². The van der Waals surface area contributed by atoms with Crippen molar-refractivity contribution in [1.82, 2.24) is 0 Å². The van der Waals surface area contributed by atoms with E-state index >= 15 is 0 Å². The van der Waals surface area contributed by atoms with Crippen LogP contribution in [0.1, 0.15) is 10.4 Å². The van der Waals surface area contributed by atoms with E-state index in [4.69, 9.17) is 19.9 Å². The zero-order valence-electron chi connectivity index (χ0n) is 16.8. The minimum Gasteiger partial charge on any atom is -0.399 e. The topological polar surface area (TPSA) is 233 Å². The number of aliphatic hydroxyl groups excluding tert-OH is 8. The molecule has 13 heteroatoms. The van der Waals surface area contributed by atoms with Gasteiger partial charge in [0.15, 0.2) is 0 Å². The molecule has 10 N–H and O–H groups in total. The number of nitrogens with two attached hydrogens (primary N) is 1. The molecule has 3 rings (SSSR count). The maximum atomic E-state index is 13.5. The number of aliphatic hydroxyl groups is 8. The number of nitrogen functional groups attached to an aromatic ring is 1. The van der Waals surface area contributed by atoms with Gasteiger partial charge in [0.2, 0.25) is 11.6 Å². The Hall–Kier alpha value is -1.75. The highest BCUT2D eigenvalue weighted by Crippen LogP contribution is 2.42. The lowest BCUT2D eigenvalue weighted by Gasteiger charge is -2.50. The maximum Gasteiger partial charge on any atom is 0.266 e. The molecule has 0 spiro atoms. The molecule has 0 radical (unpaired) electrons. The number of ketones is 1. The smallest absolute Gasteiger partial charge is 0.266 e. The van der Waals surface area contributed by atoms with Crippen LogP contribution in [0.4, 0.5) is 5.69 Å². The Kier molecular flexibility index (Phi) is 7.19. The summed E-state index contributed by atoms with van der Waals surface area (Å²) in [6, 6.07) is 5.18. The molecule has 32 heavy (non-hydrogen) atoms. The van der Waals surface area contributed by atoms with E-state index in [9.17, 15) is 45.6 Å². The first kappa shape index (κ1) is 24.9. The van der Waals surface area contributed by atoms with E-state index in [0.717, 1.165) is 0 Å². The molecule has 2 aliphatic rings. The van der Waals surface area contributed by atoms with Gasteiger partial charge in [0.25, 0.3) is 5.79 Å². The summed E-state index contributed by atoms with van der Waals surface area (Å²) in [5.41, 5.74) is 5.76. The van der Waals surface area contributed by atoms with E-state index in [2.05, 4.69) is 0 Å². The van der Waals surface area contributed by atoms with Gasteiger partial charge in [-0.2, -0.15) is 0 Å². The lowest BCUT2D eigenvalue weighted by atomic mass is 9.87. The number of anilines is 1. The summed E-state index contributed by atoms with van der Waals surface area (Å²) in [5, 5.41) is 80.8. The van der Waals surface area contributed by atoms with Crippen molar-refractivity contribution < 1.29 is 59.9 Å². The molecule has 2 heterocycles. The van der Waals surface area contributed by atoms with Gasteiger partial charge in [-0.3, -0.25) is 4.79 Å². The molecule has 0 aliphatic carbocycles. The van der Waals surface area contributed by atoms with Gasteiger partial charge in [-0.15, -0.1) is 0 Å². The van der Waals surface area contributed by atoms with Crippen molar-refractivity contribution in [2.45, 2.75) is 54.3 Å². The molecule has 180 valence electrons. The lowest BCUT2D eigenvalue weighted by molar-refractivity contribution is -0.412. The van der Waals surface area contributed by atoms with Crippen LogP contribution in [0.15, 0.2) is 24.3 Å². The molecule has 1 aromatic carbocycles. The highest BCUT2D eigenvalue weighted by molar-refractivity contribution is 6.02. The number of rotatable bonds is 7. The fourth-order valence-corrected chi connectivity index (χ4v) is 3.80. The van der Waals surface area contributed by atoms with Gasteiger partial charge in [-0.1, -0.05) is 0 Å². The number of benzene rings is 1. The van der Waals surface area contributed by atoms with Crippen LogP contribution in [0.5, 0.6) is 0 Å². The van der Waals surface area contributed by atoms with Crippen molar-refractivity contribution in [3.8, 4) is 0 Å². The third-order valence-electron chi connectivity index (χ3n) is 5.67. The van der Waals surface area contributed by atoms with E-state index < -0.39 is 79.9 Å². The Morgan fingerprint density at radius 1 is 0.875 bits per heavy atom. The van der Waals surface area contributed by atoms with E-state index in [-0.39, 0.29) is 5.56 Å². The quantitative estimate of drug-likeness (QED) is 0.138. The first-order valence-electron chi connectivity index (χ1n) is 9.76. The summed E-state index contributed by atoms with van der Waals surface area (Å²) in [7, 11) is 0. The Labute approximate surface area is 181 Å². The molecule has 0 amide bonds. The van der Waals surface area contributed by atoms with Crippen LogP contribution in [0, 0.1) is 0 Å². The lowest BCUT2D eigenvalue weighted by Crippen LogP contribution is -2.72. The number of carbonyl (C=O) groups is 1. The molecular formula is C19H27NO12. The number of hydrogen-bond acceptors (Lipinski definition) is 13. The van der Waals surface area contributed by atoms with Gasteiger partial charge >= 0.3 is 0 Å². The second-order valence-electron chi connectivity index (χ2n) is 7.73. The van der Waals surface area contributed by atoms with Crippen LogP contribution in [0.3, 0.4) is 0 Å². The van der Waals surface area contributed by atoms with Crippen LogP contribution in [0.2, 0.25) is 0 Å². The molecule has 2 aliphatic heterocycles. The van der Waals surface area contributed by atoms with Crippen molar-refractivity contribution in [2.75, 3.05) is 25.6 Å². The average molecular weight is 461 g/mol. The number of carbonyl (C=O) groups excluding carboxylic acids is 1. The first-order chi connectivity index (χ1) is 15.1. The summed E-state index contributed by atoms with van der Waals surface area (Å²) >= 11 is 0. The monoisotopic (exact) mass is 461 g/mol. The summed E-state index contributed by atoms with van der Waals surface area (Å²) in [6.45, 7) is -2.90. The van der Waals surface area contributed by atoms with Crippen LogP contribution in [-0.2, 0) is 14.2 Å². The first-order valence-corrected chi connectivity index (χ1v) is 9.76. The molecule has 2 saturated heterocycles. The van der Waals surface area contributed by atoms with E-state index in [0.29, 0.717) is 5.69 Å². The molecule has 0 bridgehead atoms. The minimum atomic E-state index is -2.93. The molecular weight excluding hydrogens is 434 g/mol. The van der Waals surface area contributed by atoms with Gasteiger partial charge in [0.05, 0.1) is 13.2 Å². The van der Waals surface area contributed by atoms with Gasteiger partial charge in [0.1, 0.15) is 49.3 Å². The van der Waals surface area contributed by atoms with Crippen LogP contribution < -0.4 is 5.73 Å². The predicted molar refractivity (Wildman–Crippen MR) is 103 cm³/mol. The van der Waals surface area contributed by atoms with Crippen LogP contribution >= 0.6 is 0 Å². The predicted octanol–water partition coefficient (Wildman–Crippen LogP) is -4.56. The fourth-order valence-electron chi connectivity index (χ4n) is 3.80.